The lowest BCUT2D eigenvalue weighted by atomic mass is 9.68. The number of Topliss-reactive ketones (excluding diaryl/α,β-unsaturated/α-hetero) is 2. The summed E-state index contributed by atoms with van der Waals surface area (Å²) in [6, 6.07) is 4.52. The Bertz CT molecular complexity index is 708. The molecule has 0 radical (unpaired) electrons. The first-order chi connectivity index (χ1) is 10.2. The van der Waals surface area contributed by atoms with E-state index in [0.29, 0.717) is 5.56 Å². The number of nitrogens with zero attached hydrogens (tertiary/aromatic N) is 2. The zero-order valence-corrected chi connectivity index (χ0v) is 12.7. The zero-order chi connectivity index (χ0) is 16.7. The monoisotopic (exact) mass is 300 g/mol. The smallest absolute Gasteiger partial charge is 0.287 e. The van der Waals surface area contributed by atoms with Crippen molar-refractivity contribution in [1.82, 2.24) is 0 Å². The molecule has 0 spiro atoms. The fourth-order valence-electron chi connectivity index (χ4n) is 3.07. The third-order valence-corrected chi connectivity index (χ3v) is 3.99. The van der Waals surface area contributed by atoms with E-state index in [1.165, 1.54) is 12.1 Å². The molecule has 0 aromatic heterocycles. The van der Waals surface area contributed by atoms with Crippen molar-refractivity contribution in [3.8, 4) is 6.07 Å². The number of nitro benzene ring substituents is 1. The largest absolute Gasteiger partial charge is 0.299 e. The van der Waals surface area contributed by atoms with Crippen LogP contribution in [0.2, 0.25) is 0 Å². The van der Waals surface area contributed by atoms with Gasteiger partial charge in [-0.25, -0.2) is 0 Å². The van der Waals surface area contributed by atoms with Gasteiger partial charge in [-0.3, -0.25) is 19.7 Å². The van der Waals surface area contributed by atoms with Crippen LogP contribution in [0.3, 0.4) is 0 Å². The summed E-state index contributed by atoms with van der Waals surface area (Å²) in [6.07, 6.45) is 0.437. The molecule has 0 saturated heterocycles. The van der Waals surface area contributed by atoms with Gasteiger partial charge in [0.05, 0.1) is 4.92 Å². The van der Waals surface area contributed by atoms with E-state index in [2.05, 4.69) is 0 Å². The summed E-state index contributed by atoms with van der Waals surface area (Å²) in [5.41, 5.74) is -0.216. The summed E-state index contributed by atoms with van der Waals surface area (Å²) >= 11 is 0. The Labute approximate surface area is 127 Å². The van der Waals surface area contributed by atoms with Gasteiger partial charge < -0.3 is 0 Å². The highest BCUT2D eigenvalue weighted by atomic mass is 16.6. The lowest BCUT2D eigenvalue weighted by Gasteiger charge is -2.32. The quantitative estimate of drug-likeness (QED) is 0.475. The van der Waals surface area contributed by atoms with E-state index in [1.54, 1.807) is 13.0 Å². The molecular weight excluding hydrogens is 284 g/mol. The van der Waals surface area contributed by atoms with E-state index >= 15 is 0 Å². The highest BCUT2D eigenvalue weighted by Crippen LogP contribution is 2.41. The van der Waals surface area contributed by atoms with Crippen LogP contribution in [0.15, 0.2) is 12.1 Å². The number of ketones is 2. The fourth-order valence-corrected chi connectivity index (χ4v) is 3.07. The van der Waals surface area contributed by atoms with Crippen LogP contribution in [0.1, 0.15) is 49.3 Å². The highest BCUT2D eigenvalue weighted by molar-refractivity contribution is 6.10. The molecule has 0 heterocycles. The lowest BCUT2D eigenvalue weighted by Crippen LogP contribution is -2.36. The third-order valence-electron chi connectivity index (χ3n) is 3.99. The summed E-state index contributed by atoms with van der Waals surface area (Å²) < 4.78 is 0. The minimum atomic E-state index is -1.07. The molecule has 6 nitrogen and oxygen atoms in total. The van der Waals surface area contributed by atoms with Crippen molar-refractivity contribution >= 4 is 17.3 Å². The van der Waals surface area contributed by atoms with Crippen LogP contribution in [0.4, 0.5) is 5.69 Å². The number of hydrogen-bond donors (Lipinski definition) is 0. The molecule has 1 aliphatic carbocycles. The van der Waals surface area contributed by atoms with Gasteiger partial charge in [-0.05, 0) is 23.5 Å². The summed E-state index contributed by atoms with van der Waals surface area (Å²) in [7, 11) is 0. The van der Waals surface area contributed by atoms with E-state index < -0.39 is 16.3 Å². The Morgan fingerprint density at radius 2 is 1.82 bits per heavy atom. The molecule has 0 amide bonds. The normalized spacial score (nSPS) is 18.1. The van der Waals surface area contributed by atoms with Crippen LogP contribution < -0.4 is 0 Å². The molecule has 0 unspecified atom stereocenters. The number of rotatable bonds is 2. The number of carbonyl (C=O) groups is 2. The first-order valence-electron chi connectivity index (χ1n) is 6.91. The van der Waals surface area contributed by atoms with Gasteiger partial charge in [-0.15, -0.1) is 0 Å². The minimum Gasteiger partial charge on any atom is -0.299 e. The summed E-state index contributed by atoms with van der Waals surface area (Å²) in [5, 5.41) is 20.4. The van der Waals surface area contributed by atoms with Crippen molar-refractivity contribution in [2.45, 2.75) is 39.5 Å². The highest BCUT2D eigenvalue weighted by Gasteiger charge is 2.42. The van der Waals surface area contributed by atoms with Crippen LogP contribution in [0.5, 0.6) is 0 Å². The van der Waals surface area contributed by atoms with Gasteiger partial charge in [0, 0.05) is 18.9 Å². The molecule has 1 aromatic rings. The van der Waals surface area contributed by atoms with E-state index in [1.807, 2.05) is 13.8 Å². The van der Waals surface area contributed by atoms with Crippen LogP contribution in [-0.4, -0.2) is 16.5 Å². The predicted octanol–water partition coefficient (Wildman–Crippen LogP) is 2.82. The molecule has 0 aliphatic heterocycles. The predicted molar refractivity (Wildman–Crippen MR) is 78.3 cm³/mol. The van der Waals surface area contributed by atoms with Gasteiger partial charge in [0.2, 0.25) is 0 Å². The summed E-state index contributed by atoms with van der Waals surface area (Å²) in [5.74, 6) is -1.62. The van der Waals surface area contributed by atoms with E-state index in [0.717, 1.165) is 0 Å². The van der Waals surface area contributed by atoms with Crippen LogP contribution in [0.25, 0.3) is 0 Å². The second-order valence-electron chi connectivity index (χ2n) is 6.44. The zero-order valence-electron chi connectivity index (χ0n) is 12.7. The van der Waals surface area contributed by atoms with Crippen molar-refractivity contribution in [2.24, 2.45) is 5.41 Å². The third kappa shape index (κ3) is 2.62. The number of aryl methyl sites for hydroxylation is 1. The van der Waals surface area contributed by atoms with Crippen molar-refractivity contribution in [3.05, 3.63) is 38.9 Å². The average Bonchev–Trinajstić information content (AvgIpc) is 2.37. The maximum absolute atomic E-state index is 12.4. The maximum atomic E-state index is 12.4. The maximum Gasteiger partial charge on any atom is 0.287 e. The molecule has 2 rings (SSSR count). The van der Waals surface area contributed by atoms with Crippen molar-refractivity contribution in [3.63, 3.8) is 0 Å². The molecule has 0 bridgehead atoms. The van der Waals surface area contributed by atoms with Gasteiger partial charge in [0.25, 0.3) is 5.69 Å². The first kappa shape index (κ1) is 15.8. The van der Waals surface area contributed by atoms with E-state index in [9.17, 15) is 25.0 Å². The lowest BCUT2D eigenvalue weighted by molar-refractivity contribution is -0.385. The molecule has 1 saturated carbocycles. The number of nitro groups is 1. The summed E-state index contributed by atoms with van der Waals surface area (Å²) in [4.78, 5) is 35.3. The minimum absolute atomic E-state index is 0.184. The van der Waals surface area contributed by atoms with Gasteiger partial charge in [-0.2, -0.15) is 5.26 Å². The first-order valence-corrected chi connectivity index (χ1v) is 6.91. The molecule has 22 heavy (non-hydrogen) atoms. The SMILES string of the molecule is Cc1ccc([N+](=O)[O-])c(C#N)c1C1C(=O)CC(C)(C)CC1=O. The van der Waals surface area contributed by atoms with Gasteiger partial charge >= 0.3 is 0 Å². The average molecular weight is 300 g/mol. The fraction of sp³-hybridized carbons (Fsp3) is 0.438. The van der Waals surface area contributed by atoms with Gasteiger partial charge in [0.1, 0.15) is 29.1 Å². The molecule has 0 N–H and O–H groups in total. The Morgan fingerprint density at radius 3 is 2.27 bits per heavy atom. The Balaban J connectivity index is 2.65. The number of nitriles is 1. The molecule has 1 aromatic carbocycles. The summed E-state index contributed by atoms with van der Waals surface area (Å²) in [6.45, 7) is 5.33. The second kappa shape index (κ2) is 5.34. The Kier molecular flexibility index (Phi) is 3.84. The van der Waals surface area contributed by atoms with Crippen molar-refractivity contribution in [2.75, 3.05) is 0 Å². The topological polar surface area (TPSA) is 101 Å². The van der Waals surface area contributed by atoms with Gasteiger partial charge in [-0.1, -0.05) is 19.9 Å². The molecule has 1 fully saturated rings. The van der Waals surface area contributed by atoms with E-state index in [-0.39, 0.29) is 41.2 Å². The molecular formula is C16H16N2O4. The van der Waals surface area contributed by atoms with Crippen molar-refractivity contribution in [1.29, 1.82) is 5.26 Å². The molecule has 0 atom stereocenters. The Hall–Kier alpha value is -2.55. The molecule has 1 aliphatic rings. The number of hydrogen-bond acceptors (Lipinski definition) is 5. The van der Waals surface area contributed by atoms with Crippen LogP contribution in [0, 0.1) is 33.8 Å². The number of benzene rings is 1. The number of carbonyl (C=O) groups excluding carboxylic acids is 2. The van der Waals surface area contributed by atoms with Crippen LogP contribution >= 0.6 is 0 Å². The van der Waals surface area contributed by atoms with Crippen LogP contribution in [-0.2, 0) is 9.59 Å². The molecule has 114 valence electrons. The molecule has 6 heteroatoms. The Morgan fingerprint density at radius 1 is 1.27 bits per heavy atom. The van der Waals surface area contributed by atoms with Gasteiger partial charge in [0.15, 0.2) is 0 Å². The van der Waals surface area contributed by atoms with E-state index in [4.69, 9.17) is 0 Å². The van der Waals surface area contributed by atoms with Crippen molar-refractivity contribution < 1.29 is 14.5 Å². The second-order valence-corrected chi connectivity index (χ2v) is 6.44. The standard InChI is InChI=1S/C16H16N2O4/c1-9-4-5-11(18(21)22)10(8-17)14(9)15-12(19)6-16(2,3)7-13(15)20/h4-5,15H,6-7H2,1-3H3.